The van der Waals surface area contributed by atoms with Crippen molar-refractivity contribution in [2.24, 2.45) is 0 Å². The molecule has 0 unspecified atom stereocenters. The highest BCUT2D eigenvalue weighted by Gasteiger charge is 1.99. The van der Waals surface area contributed by atoms with Crippen LogP contribution in [-0.4, -0.2) is 25.5 Å². The summed E-state index contributed by atoms with van der Waals surface area (Å²) in [5, 5.41) is 6.73. The number of rotatable bonds is 8. The standard InChI is InChI=1S/C14H19ClN2O/c1-2-8-17-14(18)7-10-16-9-6-12-4-3-5-13(15)11-12/h2-5,11,16H,1,6-10H2,(H,17,18). The molecule has 18 heavy (non-hydrogen) atoms. The highest BCUT2D eigenvalue weighted by atomic mass is 35.5. The van der Waals surface area contributed by atoms with Gasteiger partial charge in [-0.3, -0.25) is 4.79 Å². The second-order valence-electron chi connectivity index (χ2n) is 3.97. The van der Waals surface area contributed by atoms with Gasteiger partial charge in [-0.1, -0.05) is 29.8 Å². The molecule has 0 fully saturated rings. The Labute approximate surface area is 113 Å². The molecule has 1 aromatic carbocycles. The van der Waals surface area contributed by atoms with E-state index in [2.05, 4.69) is 17.2 Å². The number of nitrogens with one attached hydrogen (secondary N) is 2. The molecular weight excluding hydrogens is 248 g/mol. The van der Waals surface area contributed by atoms with Crippen molar-refractivity contribution in [2.75, 3.05) is 19.6 Å². The Morgan fingerprint density at radius 1 is 1.39 bits per heavy atom. The molecule has 0 aromatic heterocycles. The molecule has 1 aromatic rings. The minimum atomic E-state index is 0.0464. The third-order valence-corrected chi connectivity index (χ3v) is 2.69. The molecule has 3 nitrogen and oxygen atoms in total. The minimum Gasteiger partial charge on any atom is -0.353 e. The molecule has 0 saturated carbocycles. The van der Waals surface area contributed by atoms with Crippen molar-refractivity contribution in [1.82, 2.24) is 10.6 Å². The number of carbonyl (C=O) groups is 1. The van der Waals surface area contributed by atoms with E-state index in [9.17, 15) is 4.79 Å². The van der Waals surface area contributed by atoms with Gasteiger partial charge in [-0.2, -0.15) is 0 Å². The van der Waals surface area contributed by atoms with Gasteiger partial charge in [0, 0.05) is 24.5 Å². The first kappa shape index (κ1) is 14.7. The monoisotopic (exact) mass is 266 g/mol. The van der Waals surface area contributed by atoms with Gasteiger partial charge in [-0.25, -0.2) is 0 Å². The van der Waals surface area contributed by atoms with Gasteiger partial charge < -0.3 is 10.6 Å². The van der Waals surface area contributed by atoms with Gasteiger partial charge in [0.15, 0.2) is 0 Å². The van der Waals surface area contributed by atoms with Crippen LogP contribution in [0.2, 0.25) is 5.02 Å². The van der Waals surface area contributed by atoms with E-state index in [1.54, 1.807) is 6.08 Å². The maximum atomic E-state index is 11.3. The van der Waals surface area contributed by atoms with Crippen molar-refractivity contribution in [3.05, 3.63) is 47.5 Å². The zero-order valence-corrected chi connectivity index (χ0v) is 11.2. The molecular formula is C14H19ClN2O. The lowest BCUT2D eigenvalue weighted by molar-refractivity contribution is -0.120. The van der Waals surface area contributed by atoms with Gasteiger partial charge in [0.25, 0.3) is 0 Å². The summed E-state index contributed by atoms with van der Waals surface area (Å²) < 4.78 is 0. The molecule has 0 heterocycles. The molecule has 0 atom stereocenters. The number of halogens is 1. The normalized spacial score (nSPS) is 10.1. The van der Waals surface area contributed by atoms with E-state index in [1.807, 2.05) is 24.3 Å². The summed E-state index contributed by atoms with van der Waals surface area (Å²) in [6.07, 6.45) is 3.07. The van der Waals surface area contributed by atoms with Crippen LogP contribution in [0.1, 0.15) is 12.0 Å². The van der Waals surface area contributed by atoms with E-state index >= 15 is 0 Å². The molecule has 1 rings (SSSR count). The number of hydrogen-bond donors (Lipinski definition) is 2. The van der Waals surface area contributed by atoms with E-state index in [1.165, 1.54) is 5.56 Å². The van der Waals surface area contributed by atoms with Gasteiger partial charge in [0.2, 0.25) is 5.91 Å². The van der Waals surface area contributed by atoms with E-state index in [-0.39, 0.29) is 5.91 Å². The van der Waals surface area contributed by atoms with E-state index in [0.29, 0.717) is 19.5 Å². The zero-order chi connectivity index (χ0) is 13.2. The minimum absolute atomic E-state index is 0.0464. The van der Waals surface area contributed by atoms with Crippen molar-refractivity contribution in [2.45, 2.75) is 12.8 Å². The molecule has 0 spiro atoms. The summed E-state index contributed by atoms with van der Waals surface area (Å²) in [6.45, 7) is 5.60. The number of hydrogen-bond acceptors (Lipinski definition) is 2. The van der Waals surface area contributed by atoms with Crippen molar-refractivity contribution < 1.29 is 4.79 Å². The second kappa shape index (κ2) is 8.72. The summed E-state index contributed by atoms with van der Waals surface area (Å²) in [4.78, 5) is 11.3. The topological polar surface area (TPSA) is 41.1 Å². The Morgan fingerprint density at radius 2 is 2.22 bits per heavy atom. The maximum absolute atomic E-state index is 11.3. The van der Waals surface area contributed by atoms with Gasteiger partial charge in [0.1, 0.15) is 0 Å². The van der Waals surface area contributed by atoms with Crippen LogP contribution in [0.15, 0.2) is 36.9 Å². The van der Waals surface area contributed by atoms with E-state index in [0.717, 1.165) is 18.0 Å². The summed E-state index contributed by atoms with van der Waals surface area (Å²) >= 11 is 5.89. The smallest absolute Gasteiger partial charge is 0.221 e. The fourth-order valence-corrected chi connectivity index (χ4v) is 1.74. The third-order valence-electron chi connectivity index (χ3n) is 2.45. The van der Waals surface area contributed by atoms with Gasteiger partial charge in [0.05, 0.1) is 0 Å². The third kappa shape index (κ3) is 6.42. The fourth-order valence-electron chi connectivity index (χ4n) is 1.53. The molecule has 2 N–H and O–H groups in total. The average molecular weight is 267 g/mol. The first-order valence-electron chi connectivity index (χ1n) is 6.05. The van der Waals surface area contributed by atoms with Crippen molar-refractivity contribution in [3.63, 3.8) is 0 Å². The molecule has 0 aliphatic rings. The predicted octanol–water partition coefficient (Wildman–Crippen LogP) is 2.16. The zero-order valence-electron chi connectivity index (χ0n) is 10.4. The van der Waals surface area contributed by atoms with Gasteiger partial charge in [-0.15, -0.1) is 6.58 Å². The van der Waals surface area contributed by atoms with Crippen LogP contribution in [0.5, 0.6) is 0 Å². The summed E-state index contributed by atoms with van der Waals surface area (Å²) in [5.41, 5.74) is 1.20. The SMILES string of the molecule is C=CCNC(=O)CCNCCc1cccc(Cl)c1. The van der Waals surface area contributed by atoms with Crippen LogP contribution in [0.25, 0.3) is 0 Å². The number of amides is 1. The Bertz CT molecular complexity index is 393. The Kier molecular flexibility index (Phi) is 7.14. The number of benzene rings is 1. The lowest BCUT2D eigenvalue weighted by Gasteiger charge is -2.05. The molecule has 4 heteroatoms. The molecule has 0 aliphatic carbocycles. The molecule has 0 aliphatic heterocycles. The summed E-state index contributed by atoms with van der Waals surface area (Å²) in [5.74, 6) is 0.0464. The average Bonchev–Trinajstić information content (AvgIpc) is 2.36. The summed E-state index contributed by atoms with van der Waals surface area (Å²) in [6, 6.07) is 7.81. The van der Waals surface area contributed by atoms with Crippen LogP contribution >= 0.6 is 11.6 Å². The van der Waals surface area contributed by atoms with Crippen LogP contribution in [-0.2, 0) is 11.2 Å². The van der Waals surface area contributed by atoms with Crippen LogP contribution in [0, 0.1) is 0 Å². The largest absolute Gasteiger partial charge is 0.353 e. The van der Waals surface area contributed by atoms with Crippen LogP contribution in [0.3, 0.4) is 0 Å². The van der Waals surface area contributed by atoms with E-state index in [4.69, 9.17) is 11.6 Å². The Balaban J connectivity index is 2.08. The quantitative estimate of drug-likeness (QED) is 0.559. The molecule has 0 bridgehead atoms. The molecule has 0 saturated heterocycles. The van der Waals surface area contributed by atoms with Crippen molar-refractivity contribution >= 4 is 17.5 Å². The molecule has 1 amide bonds. The maximum Gasteiger partial charge on any atom is 0.221 e. The fraction of sp³-hybridized carbons (Fsp3) is 0.357. The highest BCUT2D eigenvalue weighted by Crippen LogP contribution is 2.10. The van der Waals surface area contributed by atoms with Crippen molar-refractivity contribution in [3.8, 4) is 0 Å². The van der Waals surface area contributed by atoms with Crippen molar-refractivity contribution in [1.29, 1.82) is 0 Å². The number of carbonyl (C=O) groups excluding carboxylic acids is 1. The highest BCUT2D eigenvalue weighted by molar-refractivity contribution is 6.30. The molecule has 0 radical (unpaired) electrons. The first-order chi connectivity index (χ1) is 8.72. The molecule has 98 valence electrons. The van der Waals surface area contributed by atoms with Gasteiger partial charge in [-0.05, 0) is 30.7 Å². The Morgan fingerprint density at radius 3 is 2.94 bits per heavy atom. The van der Waals surface area contributed by atoms with Gasteiger partial charge >= 0.3 is 0 Å². The van der Waals surface area contributed by atoms with Crippen LogP contribution < -0.4 is 10.6 Å². The lowest BCUT2D eigenvalue weighted by atomic mass is 10.1. The summed E-state index contributed by atoms with van der Waals surface area (Å²) in [7, 11) is 0. The second-order valence-corrected chi connectivity index (χ2v) is 4.41. The van der Waals surface area contributed by atoms with Crippen LogP contribution in [0.4, 0.5) is 0 Å². The predicted molar refractivity (Wildman–Crippen MR) is 75.8 cm³/mol. The van der Waals surface area contributed by atoms with E-state index < -0.39 is 0 Å². The Hall–Kier alpha value is -1.32. The lowest BCUT2D eigenvalue weighted by Crippen LogP contribution is -2.28. The first-order valence-corrected chi connectivity index (χ1v) is 6.43.